The number of benzene rings is 2. The van der Waals surface area contributed by atoms with Gasteiger partial charge < -0.3 is 24.8 Å². The van der Waals surface area contributed by atoms with Crippen molar-refractivity contribution in [2.75, 3.05) is 20.3 Å². The Labute approximate surface area is 198 Å². The molecule has 2 aromatic carbocycles. The first-order valence-corrected chi connectivity index (χ1v) is 10.4. The number of halogens is 1. The van der Waals surface area contributed by atoms with Gasteiger partial charge in [-0.05, 0) is 30.7 Å². The molecule has 0 spiro atoms. The lowest BCUT2D eigenvalue weighted by Gasteiger charge is -2.29. The molecule has 1 aliphatic heterocycles. The number of nitrogens with zero attached hydrogens (tertiary/aromatic N) is 1. The summed E-state index contributed by atoms with van der Waals surface area (Å²) in [5.74, 6) is -1.12. The van der Waals surface area contributed by atoms with Crippen molar-refractivity contribution in [2.24, 2.45) is 0 Å². The summed E-state index contributed by atoms with van der Waals surface area (Å²) in [5.41, 5.74) is 0.00497. The number of ether oxygens (including phenoxy) is 3. The van der Waals surface area contributed by atoms with E-state index in [2.05, 4.69) is 10.6 Å². The minimum atomic E-state index is -0.974. The van der Waals surface area contributed by atoms with Crippen LogP contribution in [0.1, 0.15) is 28.9 Å². The lowest BCUT2D eigenvalue weighted by Crippen LogP contribution is -2.47. The molecule has 34 heavy (non-hydrogen) atoms. The molecule has 0 fully saturated rings. The van der Waals surface area contributed by atoms with E-state index >= 15 is 0 Å². The van der Waals surface area contributed by atoms with Crippen LogP contribution in [-0.4, -0.2) is 43.2 Å². The zero-order valence-electron chi connectivity index (χ0n) is 18.1. The second-order valence-electron chi connectivity index (χ2n) is 6.91. The number of carbonyl (C=O) groups is 3. The number of carbonyl (C=O) groups excluding carboxylic acids is 3. The number of esters is 2. The molecule has 1 atom stereocenters. The molecule has 0 bridgehead atoms. The molecule has 0 saturated carbocycles. The van der Waals surface area contributed by atoms with E-state index in [4.69, 9.17) is 25.8 Å². The molecule has 0 aromatic heterocycles. The van der Waals surface area contributed by atoms with Gasteiger partial charge in [0.25, 0.3) is 5.69 Å². The zero-order chi connectivity index (χ0) is 24.8. The van der Waals surface area contributed by atoms with Gasteiger partial charge in [-0.25, -0.2) is 14.4 Å². The van der Waals surface area contributed by atoms with Gasteiger partial charge in [-0.2, -0.15) is 0 Å². The van der Waals surface area contributed by atoms with Crippen LogP contribution in [0.4, 0.5) is 10.5 Å². The first-order valence-electron chi connectivity index (χ1n) is 9.97. The predicted molar refractivity (Wildman–Crippen MR) is 119 cm³/mol. The van der Waals surface area contributed by atoms with E-state index in [1.165, 1.54) is 13.2 Å². The minimum absolute atomic E-state index is 0.00192. The summed E-state index contributed by atoms with van der Waals surface area (Å²) in [6.45, 7) is 1.17. The number of amides is 2. The van der Waals surface area contributed by atoms with Gasteiger partial charge in [0.05, 0.1) is 46.5 Å². The fraction of sp³-hybridized carbons (Fsp3) is 0.227. The van der Waals surface area contributed by atoms with E-state index in [0.29, 0.717) is 11.3 Å². The minimum Gasteiger partial charge on any atom is -0.497 e. The fourth-order valence-corrected chi connectivity index (χ4v) is 3.42. The first kappa shape index (κ1) is 24.5. The highest BCUT2D eigenvalue weighted by molar-refractivity contribution is 6.33. The summed E-state index contributed by atoms with van der Waals surface area (Å²) in [7, 11) is 1.51. The number of hydrogen-bond acceptors (Lipinski definition) is 8. The van der Waals surface area contributed by atoms with Crippen molar-refractivity contribution in [1.82, 2.24) is 10.6 Å². The SMILES string of the molecule is CCOC(=O)C1=C(COC(=O)c2cc([N+](=O)[O-])ccc2Cl)NC(=O)NC1c1ccc(OC)cc1. The Morgan fingerprint density at radius 1 is 1.12 bits per heavy atom. The van der Waals surface area contributed by atoms with Crippen LogP contribution in [0.2, 0.25) is 5.02 Å². The van der Waals surface area contributed by atoms with Crippen LogP contribution in [0.5, 0.6) is 5.75 Å². The predicted octanol–water partition coefficient (Wildman–Crippen LogP) is 3.28. The van der Waals surface area contributed by atoms with Crippen molar-refractivity contribution < 1.29 is 33.5 Å². The van der Waals surface area contributed by atoms with Crippen LogP contribution in [0.15, 0.2) is 53.7 Å². The van der Waals surface area contributed by atoms with Crippen LogP contribution in [-0.2, 0) is 14.3 Å². The van der Waals surface area contributed by atoms with Gasteiger partial charge in [0, 0.05) is 12.1 Å². The summed E-state index contributed by atoms with van der Waals surface area (Å²) in [6.07, 6.45) is 0. The molecule has 2 N–H and O–H groups in total. The average Bonchev–Trinajstić information content (AvgIpc) is 2.82. The maximum atomic E-state index is 12.8. The van der Waals surface area contributed by atoms with Crippen LogP contribution < -0.4 is 15.4 Å². The fourth-order valence-electron chi connectivity index (χ4n) is 3.23. The zero-order valence-corrected chi connectivity index (χ0v) is 18.9. The van der Waals surface area contributed by atoms with Crippen LogP contribution in [0.25, 0.3) is 0 Å². The van der Waals surface area contributed by atoms with Crippen LogP contribution >= 0.6 is 11.6 Å². The van der Waals surface area contributed by atoms with E-state index in [-0.39, 0.29) is 34.2 Å². The van der Waals surface area contributed by atoms with Crippen molar-refractivity contribution >= 4 is 35.3 Å². The number of methoxy groups -OCH3 is 1. The van der Waals surface area contributed by atoms with E-state index in [0.717, 1.165) is 12.1 Å². The molecule has 1 heterocycles. The Hall–Kier alpha value is -4.12. The molecule has 1 unspecified atom stereocenters. The molecule has 2 aromatic rings. The number of nitro benzene ring substituents is 1. The van der Waals surface area contributed by atoms with Crippen molar-refractivity contribution in [3.63, 3.8) is 0 Å². The highest BCUT2D eigenvalue weighted by atomic mass is 35.5. The first-order chi connectivity index (χ1) is 16.2. The molecular formula is C22H20ClN3O8. The lowest BCUT2D eigenvalue weighted by molar-refractivity contribution is -0.384. The number of nitro groups is 1. The van der Waals surface area contributed by atoms with Crippen molar-refractivity contribution in [3.05, 3.63) is 80.0 Å². The number of nitrogens with one attached hydrogen (secondary N) is 2. The molecule has 0 radical (unpaired) electrons. The topological polar surface area (TPSA) is 146 Å². The van der Waals surface area contributed by atoms with Crippen LogP contribution in [0.3, 0.4) is 0 Å². The quantitative estimate of drug-likeness (QED) is 0.326. The lowest BCUT2D eigenvalue weighted by atomic mass is 9.95. The highest BCUT2D eigenvalue weighted by Gasteiger charge is 2.34. The second kappa shape index (κ2) is 10.7. The molecular weight excluding hydrogens is 470 g/mol. The third kappa shape index (κ3) is 5.44. The molecule has 12 heteroatoms. The van der Waals surface area contributed by atoms with Crippen molar-refractivity contribution in [2.45, 2.75) is 13.0 Å². The molecule has 11 nitrogen and oxygen atoms in total. The standard InChI is InChI=1S/C22H20ClN3O8/c1-3-33-21(28)18-17(11-34-20(27)15-10-13(26(30)31)6-9-16(15)23)24-22(29)25-19(18)12-4-7-14(32-2)8-5-12/h4-10,19H,3,11H2,1-2H3,(H2,24,25,29). The summed E-state index contributed by atoms with van der Waals surface area (Å²) in [5, 5.41) is 16.1. The number of non-ortho nitro benzene ring substituents is 1. The molecule has 2 amide bonds. The number of urea groups is 1. The normalized spacial score (nSPS) is 15.1. The molecule has 0 saturated heterocycles. The summed E-state index contributed by atoms with van der Waals surface area (Å²) in [6, 6.07) is 8.46. The van der Waals surface area contributed by atoms with Gasteiger partial charge >= 0.3 is 18.0 Å². The van der Waals surface area contributed by atoms with Crippen molar-refractivity contribution in [1.29, 1.82) is 0 Å². The van der Waals surface area contributed by atoms with Gasteiger partial charge in [-0.15, -0.1) is 0 Å². The third-order valence-electron chi connectivity index (χ3n) is 4.83. The smallest absolute Gasteiger partial charge is 0.340 e. The van der Waals surface area contributed by atoms with Gasteiger partial charge in [-0.3, -0.25) is 10.1 Å². The van der Waals surface area contributed by atoms with E-state index in [1.807, 2.05) is 0 Å². The summed E-state index contributed by atoms with van der Waals surface area (Å²) < 4.78 is 15.5. The monoisotopic (exact) mass is 489 g/mol. The van der Waals surface area contributed by atoms with Crippen molar-refractivity contribution in [3.8, 4) is 5.75 Å². The Morgan fingerprint density at radius 3 is 2.44 bits per heavy atom. The van der Waals surface area contributed by atoms with Gasteiger partial charge in [0.1, 0.15) is 12.4 Å². The average molecular weight is 490 g/mol. The number of hydrogen-bond donors (Lipinski definition) is 2. The Bertz CT molecular complexity index is 1160. The second-order valence-corrected chi connectivity index (χ2v) is 7.32. The number of rotatable bonds is 8. The molecule has 1 aliphatic rings. The van der Waals surface area contributed by atoms with Crippen LogP contribution in [0, 0.1) is 10.1 Å². The Morgan fingerprint density at radius 2 is 1.82 bits per heavy atom. The Kier molecular flexibility index (Phi) is 7.69. The van der Waals surface area contributed by atoms with E-state index < -0.39 is 35.5 Å². The molecule has 3 rings (SSSR count). The van der Waals surface area contributed by atoms with E-state index in [9.17, 15) is 24.5 Å². The van der Waals surface area contributed by atoms with E-state index in [1.54, 1.807) is 31.2 Å². The summed E-state index contributed by atoms with van der Waals surface area (Å²) in [4.78, 5) is 48.0. The molecule has 178 valence electrons. The Balaban J connectivity index is 1.94. The maximum Gasteiger partial charge on any atom is 0.340 e. The molecule has 0 aliphatic carbocycles. The van der Waals surface area contributed by atoms with Gasteiger partial charge in [-0.1, -0.05) is 23.7 Å². The third-order valence-corrected chi connectivity index (χ3v) is 5.16. The summed E-state index contributed by atoms with van der Waals surface area (Å²) >= 11 is 5.99. The van der Waals surface area contributed by atoms with Gasteiger partial charge in [0.15, 0.2) is 0 Å². The maximum absolute atomic E-state index is 12.8. The largest absolute Gasteiger partial charge is 0.497 e. The highest BCUT2D eigenvalue weighted by Crippen LogP contribution is 2.30. The van der Waals surface area contributed by atoms with Gasteiger partial charge in [0.2, 0.25) is 0 Å².